The van der Waals surface area contributed by atoms with E-state index in [2.05, 4.69) is 60.4 Å². The van der Waals surface area contributed by atoms with Crippen LogP contribution in [0.3, 0.4) is 0 Å². The lowest BCUT2D eigenvalue weighted by molar-refractivity contribution is -0.105. The van der Waals surface area contributed by atoms with Gasteiger partial charge in [0, 0.05) is 47.4 Å². The number of rotatable bonds is 7. The molecule has 0 amide bonds. The van der Waals surface area contributed by atoms with E-state index in [1.54, 1.807) is 0 Å². The minimum absolute atomic E-state index is 0.233. The van der Waals surface area contributed by atoms with Crippen LogP contribution < -0.4 is 4.74 Å². The average molecular weight is 573 g/mol. The van der Waals surface area contributed by atoms with Gasteiger partial charge in [-0.2, -0.15) is 5.26 Å². The number of hydrogen-bond acceptors (Lipinski definition) is 5. The fourth-order valence-electron chi connectivity index (χ4n) is 9.24. The fraction of sp³-hybridized carbons (Fsp3) is 0.629. The molecule has 4 fully saturated rings. The van der Waals surface area contributed by atoms with Crippen LogP contribution in [-0.4, -0.2) is 57.6 Å². The van der Waals surface area contributed by atoms with E-state index >= 15 is 0 Å². The monoisotopic (exact) mass is 572 g/mol. The lowest BCUT2D eigenvalue weighted by Gasteiger charge is -2.56. The largest absolute Gasteiger partial charge is 0.492 e. The molecule has 1 saturated heterocycles. The molecular weight excluding hydrogens is 528 g/mol. The molecule has 1 N–H and O–H groups in total. The smallest absolute Gasteiger partial charge is 0.119 e. The third-order valence-electron chi connectivity index (χ3n) is 11.8. The standard InChI is InChI=1S/C35H44N2O3S/c1-34-23-31(26-6-4-25(5-7-26)24-2-3-24)33-29-11-9-28(40-19-16-37-17-20-41(39)21-18-37)22-27(29)8-10-30(33)32(34)12-13-35(34,38)14-15-36/h4-7,9,11,22,24,30-33,38H,2-3,8,10,12-14,16-21,23H2,1H3. The summed E-state index contributed by atoms with van der Waals surface area (Å²) >= 11 is 0. The summed E-state index contributed by atoms with van der Waals surface area (Å²) in [6, 6.07) is 18.6. The number of nitrogens with zero attached hydrogens (tertiary/aromatic N) is 2. The number of fused-ring (bicyclic) bond motifs is 5. The second-order valence-electron chi connectivity index (χ2n) is 13.8. The van der Waals surface area contributed by atoms with Gasteiger partial charge in [-0.05, 0) is 109 Å². The first-order chi connectivity index (χ1) is 19.9. The maximum atomic E-state index is 11.9. The first-order valence-corrected chi connectivity index (χ1v) is 17.4. The van der Waals surface area contributed by atoms with E-state index in [-0.39, 0.29) is 11.8 Å². The molecule has 0 radical (unpaired) electrons. The van der Waals surface area contributed by atoms with E-state index < -0.39 is 16.4 Å². The summed E-state index contributed by atoms with van der Waals surface area (Å²) in [6.45, 7) is 5.64. The Morgan fingerprint density at radius 3 is 2.56 bits per heavy atom. The molecule has 6 atom stereocenters. The van der Waals surface area contributed by atoms with Crippen molar-refractivity contribution in [2.45, 2.75) is 81.6 Å². The molecule has 5 aliphatic rings. The average Bonchev–Trinajstić information content (AvgIpc) is 3.79. The van der Waals surface area contributed by atoms with Gasteiger partial charge >= 0.3 is 0 Å². The molecule has 0 spiro atoms. The van der Waals surface area contributed by atoms with Crippen molar-refractivity contribution in [3.63, 3.8) is 0 Å². The Morgan fingerprint density at radius 1 is 1.07 bits per heavy atom. The Balaban J connectivity index is 1.16. The third kappa shape index (κ3) is 4.96. The van der Waals surface area contributed by atoms with Crippen LogP contribution >= 0.6 is 0 Å². The van der Waals surface area contributed by atoms with Crippen molar-refractivity contribution in [3.05, 3.63) is 64.7 Å². The number of hydrogen-bond donors (Lipinski definition) is 1. The molecule has 5 nitrogen and oxygen atoms in total. The second kappa shape index (κ2) is 10.8. The Bertz CT molecular complexity index is 1340. The van der Waals surface area contributed by atoms with Crippen LogP contribution in [0.4, 0.5) is 0 Å². The van der Waals surface area contributed by atoms with E-state index in [0.29, 0.717) is 30.3 Å². The van der Waals surface area contributed by atoms with Crippen LogP contribution in [0.1, 0.15) is 91.9 Å². The molecule has 4 aliphatic carbocycles. The molecule has 41 heavy (non-hydrogen) atoms. The molecule has 3 saturated carbocycles. The van der Waals surface area contributed by atoms with Gasteiger partial charge in [0.2, 0.25) is 0 Å². The minimum Gasteiger partial charge on any atom is -0.492 e. The number of nitriles is 1. The van der Waals surface area contributed by atoms with Gasteiger partial charge in [-0.25, -0.2) is 0 Å². The normalized spacial score (nSPS) is 35.2. The van der Waals surface area contributed by atoms with Gasteiger partial charge in [-0.1, -0.05) is 37.3 Å². The lowest BCUT2D eigenvalue weighted by Crippen LogP contribution is -2.52. The molecule has 0 bridgehead atoms. The van der Waals surface area contributed by atoms with Crippen molar-refractivity contribution in [2.75, 3.05) is 37.7 Å². The Morgan fingerprint density at radius 2 is 1.83 bits per heavy atom. The predicted octanol–water partition coefficient (Wildman–Crippen LogP) is 5.90. The Labute approximate surface area is 247 Å². The van der Waals surface area contributed by atoms with Gasteiger partial charge in [0.1, 0.15) is 12.4 Å². The zero-order valence-corrected chi connectivity index (χ0v) is 25.2. The van der Waals surface area contributed by atoms with Gasteiger partial charge in [-0.3, -0.25) is 9.11 Å². The van der Waals surface area contributed by atoms with Crippen molar-refractivity contribution in [3.8, 4) is 11.8 Å². The van der Waals surface area contributed by atoms with Gasteiger partial charge in [0.05, 0.1) is 18.1 Å². The summed E-state index contributed by atoms with van der Waals surface area (Å²) in [5, 5.41) is 21.6. The minimum atomic E-state index is -0.898. The number of aliphatic hydroxyl groups is 1. The van der Waals surface area contributed by atoms with Crippen LogP contribution in [0, 0.1) is 28.6 Å². The molecule has 7 rings (SSSR count). The van der Waals surface area contributed by atoms with Gasteiger partial charge in [-0.15, -0.1) is 0 Å². The summed E-state index contributed by atoms with van der Waals surface area (Å²) in [5.74, 6) is 4.96. The van der Waals surface area contributed by atoms with Crippen molar-refractivity contribution in [1.29, 1.82) is 5.26 Å². The SMILES string of the molecule is CC12CC(c3ccc(C4CC4)cc3)C3c4ccc(OCCN5CCS(=O)CC5)cc4CCC3C1CCC2(O)CC#N. The highest BCUT2D eigenvalue weighted by atomic mass is 32.2. The van der Waals surface area contributed by atoms with Gasteiger partial charge in [0.15, 0.2) is 0 Å². The molecule has 2 aromatic carbocycles. The van der Waals surface area contributed by atoms with E-state index in [0.717, 1.165) is 74.9 Å². The first-order valence-electron chi connectivity index (χ1n) is 15.9. The molecule has 6 heteroatoms. The highest BCUT2D eigenvalue weighted by Gasteiger charge is 2.63. The summed E-state index contributed by atoms with van der Waals surface area (Å²) in [7, 11) is -0.646. The maximum Gasteiger partial charge on any atom is 0.119 e. The van der Waals surface area contributed by atoms with Crippen LogP contribution in [-0.2, 0) is 17.2 Å². The van der Waals surface area contributed by atoms with Crippen LogP contribution in [0.5, 0.6) is 5.75 Å². The number of ether oxygens (including phenoxy) is 1. The van der Waals surface area contributed by atoms with E-state index in [1.807, 2.05) is 0 Å². The summed E-state index contributed by atoms with van der Waals surface area (Å²) in [5.41, 5.74) is 4.62. The van der Waals surface area contributed by atoms with E-state index in [4.69, 9.17) is 4.74 Å². The maximum absolute atomic E-state index is 11.9. The predicted molar refractivity (Wildman–Crippen MR) is 163 cm³/mol. The molecule has 1 aliphatic heterocycles. The van der Waals surface area contributed by atoms with Crippen molar-refractivity contribution in [2.24, 2.45) is 17.3 Å². The lowest BCUT2D eigenvalue weighted by atomic mass is 9.49. The van der Waals surface area contributed by atoms with Gasteiger partial charge in [0.25, 0.3) is 0 Å². The topological polar surface area (TPSA) is 73.6 Å². The second-order valence-corrected chi connectivity index (χ2v) is 15.5. The molecule has 1 heterocycles. The Kier molecular flexibility index (Phi) is 7.29. The molecule has 6 unspecified atom stereocenters. The Hall–Kier alpha value is -2.20. The van der Waals surface area contributed by atoms with Crippen LogP contribution in [0.25, 0.3) is 0 Å². The molecular formula is C35H44N2O3S. The van der Waals surface area contributed by atoms with Crippen molar-refractivity contribution >= 4 is 10.8 Å². The zero-order valence-electron chi connectivity index (χ0n) is 24.4. The fourth-order valence-corrected chi connectivity index (χ4v) is 10.4. The first kappa shape index (κ1) is 27.6. The third-order valence-corrected chi connectivity index (χ3v) is 13.0. The number of aryl methyl sites for hydroxylation is 1. The van der Waals surface area contributed by atoms with E-state index in [9.17, 15) is 14.6 Å². The van der Waals surface area contributed by atoms with Crippen molar-refractivity contribution < 1.29 is 14.1 Å². The quantitative estimate of drug-likeness (QED) is 0.447. The summed E-state index contributed by atoms with van der Waals surface area (Å²) < 4.78 is 17.9. The summed E-state index contributed by atoms with van der Waals surface area (Å²) in [4.78, 5) is 2.36. The highest BCUT2D eigenvalue weighted by molar-refractivity contribution is 7.85. The van der Waals surface area contributed by atoms with Crippen LogP contribution in [0.2, 0.25) is 0 Å². The van der Waals surface area contributed by atoms with Gasteiger partial charge < -0.3 is 9.84 Å². The molecule has 0 aromatic heterocycles. The molecule has 218 valence electrons. The van der Waals surface area contributed by atoms with E-state index in [1.165, 1.54) is 35.1 Å². The zero-order chi connectivity index (χ0) is 28.2. The van der Waals surface area contributed by atoms with Crippen LogP contribution in [0.15, 0.2) is 42.5 Å². The number of benzene rings is 2. The highest BCUT2D eigenvalue weighted by Crippen LogP contribution is 2.68. The summed E-state index contributed by atoms with van der Waals surface area (Å²) in [6.07, 6.45) is 7.72. The molecule has 2 aromatic rings. The van der Waals surface area contributed by atoms with Crippen molar-refractivity contribution in [1.82, 2.24) is 4.90 Å².